The highest BCUT2D eigenvalue weighted by molar-refractivity contribution is 7.80. The lowest BCUT2D eigenvalue weighted by molar-refractivity contribution is -0.911. The van der Waals surface area contributed by atoms with Gasteiger partial charge in [-0.3, -0.25) is 8.98 Å². The Morgan fingerprint density at radius 2 is 1.50 bits per heavy atom. The lowest BCUT2D eigenvalue weighted by Crippen LogP contribution is -2.46. The first kappa shape index (κ1) is 41.5. The fraction of sp³-hybridized carbons (Fsp3) is 0.897. The van der Waals surface area contributed by atoms with E-state index >= 15 is 0 Å². The first-order valence-electron chi connectivity index (χ1n) is 14.8. The summed E-state index contributed by atoms with van der Waals surface area (Å²) in [5, 5.41) is 9.80. The second kappa shape index (κ2) is 27.6. The van der Waals surface area contributed by atoms with Crippen LogP contribution in [0.25, 0.3) is 0 Å². The van der Waals surface area contributed by atoms with Gasteiger partial charge in [0.25, 0.3) is 0 Å². The van der Waals surface area contributed by atoms with Crippen LogP contribution < -0.4 is 5.73 Å². The molecule has 0 aromatic rings. The minimum atomic E-state index is -4.42. The predicted molar refractivity (Wildman–Crippen MR) is 158 cm³/mol. The number of nitrogens with two attached hydrogens (primary N) is 1. The first-order valence-corrected chi connectivity index (χ1v) is 16.1. The summed E-state index contributed by atoms with van der Waals surface area (Å²) in [5.41, 5.74) is 5.09. The number of rotatable bonds is 21. The Labute approximate surface area is 235 Å². The number of allylic oxidation sites excluding steroid dienone is 1. The van der Waals surface area contributed by atoms with Crippen LogP contribution in [0.3, 0.4) is 0 Å². The molecular formula is C29H62N2O6S. The van der Waals surface area contributed by atoms with E-state index in [1.165, 1.54) is 64.8 Å². The Morgan fingerprint density at radius 3 is 1.97 bits per heavy atom. The number of aliphatic hydroxyl groups excluding tert-OH is 1. The highest BCUT2D eigenvalue weighted by atomic mass is 32.3. The summed E-state index contributed by atoms with van der Waals surface area (Å²) >= 11 is 0. The van der Waals surface area contributed by atoms with Crippen molar-refractivity contribution in [2.75, 3.05) is 27.2 Å². The molecule has 0 rings (SSSR count). The van der Waals surface area contributed by atoms with Crippen LogP contribution in [-0.4, -0.2) is 67.9 Å². The van der Waals surface area contributed by atoms with Crippen LogP contribution in [-0.2, 0) is 19.4 Å². The second-order valence-corrected chi connectivity index (χ2v) is 11.6. The van der Waals surface area contributed by atoms with E-state index in [1.807, 2.05) is 0 Å². The van der Waals surface area contributed by atoms with Crippen molar-refractivity contribution in [1.29, 1.82) is 0 Å². The van der Waals surface area contributed by atoms with Gasteiger partial charge in [-0.1, -0.05) is 77.4 Å². The monoisotopic (exact) mass is 566 g/mol. The third-order valence-corrected chi connectivity index (χ3v) is 7.26. The molecule has 38 heavy (non-hydrogen) atoms. The van der Waals surface area contributed by atoms with Crippen molar-refractivity contribution in [3.63, 3.8) is 0 Å². The number of primary amides is 1. The van der Waals surface area contributed by atoms with Crippen molar-refractivity contribution in [1.82, 2.24) is 0 Å². The van der Waals surface area contributed by atoms with E-state index in [0.717, 1.165) is 49.0 Å². The maximum absolute atomic E-state index is 10.6. The number of amides is 1. The number of hydrogen-bond acceptors (Lipinski definition) is 6. The molecule has 3 N–H and O–H groups in total. The Kier molecular flexibility index (Phi) is 30.1. The molecule has 0 fully saturated rings. The number of aliphatic hydroxyl groups is 1. The van der Waals surface area contributed by atoms with E-state index in [9.17, 15) is 22.9 Å². The van der Waals surface area contributed by atoms with Crippen molar-refractivity contribution in [3.05, 3.63) is 12.2 Å². The molecule has 8 nitrogen and oxygen atoms in total. The summed E-state index contributed by atoms with van der Waals surface area (Å²) < 4.78 is 33.2. The van der Waals surface area contributed by atoms with Gasteiger partial charge in [-0.25, -0.2) is 8.42 Å². The van der Waals surface area contributed by atoms with Crippen molar-refractivity contribution in [3.8, 4) is 0 Å². The van der Waals surface area contributed by atoms with Crippen LogP contribution in [0.2, 0.25) is 0 Å². The molecular weight excluding hydrogens is 504 g/mol. The quantitative estimate of drug-likeness (QED) is 0.0556. The molecule has 0 aromatic carbocycles. The summed E-state index contributed by atoms with van der Waals surface area (Å²) in [4.78, 5) is 10.6. The van der Waals surface area contributed by atoms with E-state index < -0.39 is 10.4 Å². The van der Waals surface area contributed by atoms with Gasteiger partial charge in [-0.15, -0.1) is 0 Å². The molecule has 2 unspecified atom stereocenters. The number of nitrogens with zero attached hydrogens (tertiary/aromatic N) is 1. The fourth-order valence-electron chi connectivity index (χ4n) is 3.61. The van der Waals surface area contributed by atoms with Crippen molar-refractivity contribution < 1.29 is 31.5 Å². The molecule has 0 aliphatic rings. The molecule has 0 radical (unpaired) electrons. The normalized spacial score (nSPS) is 13.3. The smallest absolute Gasteiger partial charge is 0.217 e. The number of hydrogen-bond donors (Lipinski definition) is 2. The minimum Gasteiger partial charge on any atom is -0.726 e. The Bertz CT molecular complexity index is 653. The first-order chi connectivity index (χ1) is 17.8. The average molecular weight is 567 g/mol. The highest BCUT2D eigenvalue weighted by Gasteiger charge is 2.19. The van der Waals surface area contributed by atoms with Crippen LogP contribution in [0.5, 0.6) is 0 Å². The zero-order chi connectivity index (χ0) is 29.9. The van der Waals surface area contributed by atoms with Gasteiger partial charge in [-0.05, 0) is 59.3 Å². The van der Waals surface area contributed by atoms with Crippen LogP contribution in [0.4, 0.5) is 0 Å². The third kappa shape index (κ3) is 35.0. The molecule has 0 aromatic heterocycles. The second-order valence-electron chi connectivity index (χ2n) is 10.5. The lowest BCUT2D eigenvalue weighted by atomic mass is 10.1. The zero-order valence-electron chi connectivity index (χ0n) is 25.8. The molecule has 9 heteroatoms. The molecule has 0 aliphatic heterocycles. The molecule has 2 atom stereocenters. The molecule has 0 aliphatic carbocycles. The summed E-state index contributed by atoms with van der Waals surface area (Å²) in [5.74, 6) is -0.189. The number of unbranched alkanes of at least 4 members (excludes halogenated alkanes) is 8. The SMILES string of the molecule is CCCC(C)[N+](C)(C)CC.CCCCCCC(O)C/C=C\CCCCCCCC(N)=O.CCOS(=O)(=O)[O-]. The van der Waals surface area contributed by atoms with Gasteiger partial charge in [-0.2, -0.15) is 0 Å². The Morgan fingerprint density at radius 1 is 0.921 bits per heavy atom. The summed E-state index contributed by atoms with van der Waals surface area (Å²) in [6, 6.07) is 0.815. The number of carbonyl (C=O) groups is 1. The van der Waals surface area contributed by atoms with Gasteiger partial charge in [0.2, 0.25) is 16.3 Å². The topological polar surface area (TPSA) is 130 Å². The van der Waals surface area contributed by atoms with E-state index in [0.29, 0.717) is 6.42 Å². The summed E-state index contributed by atoms with van der Waals surface area (Å²) in [6.07, 6.45) is 20.7. The average Bonchev–Trinajstić information content (AvgIpc) is 2.83. The fourth-order valence-corrected chi connectivity index (χ4v) is 3.90. The van der Waals surface area contributed by atoms with Gasteiger partial charge in [0.1, 0.15) is 0 Å². The minimum absolute atomic E-state index is 0.0914. The van der Waals surface area contributed by atoms with E-state index in [4.69, 9.17) is 5.73 Å². The number of quaternary nitrogens is 1. The summed E-state index contributed by atoms with van der Waals surface area (Å²) in [6.45, 7) is 11.6. The van der Waals surface area contributed by atoms with Crippen LogP contribution in [0, 0.1) is 0 Å². The zero-order valence-corrected chi connectivity index (χ0v) is 26.6. The number of carbonyl (C=O) groups excluding carboxylic acids is 1. The molecule has 0 heterocycles. The van der Waals surface area contributed by atoms with Crippen molar-refractivity contribution in [2.45, 2.75) is 143 Å². The van der Waals surface area contributed by atoms with Gasteiger partial charge < -0.3 is 19.9 Å². The van der Waals surface area contributed by atoms with Gasteiger partial charge >= 0.3 is 0 Å². The van der Waals surface area contributed by atoms with Crippen molar-refractivity contribution in [2.24, 2.45) is 5.73 Å². The standard InChI is InChI=1S/C18H35NO2.C9H22N.C2H6O4S/c1-2-3-4-11-14-17(20)15-12-9-7-5-6-8-10-13-16-18(19)21;1-6-8-9(3)10(4,5)7-2;1-2-6-7(3,4)5/h9,12,17,20H,2-8,10-11,13-16H2,1H3,(H2,19,21);9H,6-8H2,1-5H3;2H2,1H3,(H,3,4,5)/q;+1;/p-1/b12-9-;;. The van der Waals surface area contributed by atoms with Crippen LogP contribution >= 0.6 is 0 Å². The van der Waals surface area contributed by atoms with Gasteiger partial charge in [0.05, 0.1) is 39.4 Å². The third-order valence-electron chi connectivity index (χ3n) is 6.74. The van der Waals surface area contributed by atoms with Crippen LogP contribution in [0.15, 0.2) is 12.2 Å². The van der Waals surface area contributed by atoms with E-state index in [1.54, 1.807) is 0 Å². The van der Waals surface area contributed by atoms with E-state index in [2.05, 4.69) is 58.1 Å². The van der Waals surface area contributed by atoms with Crippen molar-refractivity contribution >= 4 is 16.3 Å². The molecule has 0 spiro atoms. The molecule has 230 valence electrons. The van der Waals surface area contributed by atoms with Gasteiger partial charge in [0.15, 0.2) is 0 Å². The largest absolute Gasteiger partial charge is 0.726 e. The molecule has 1 amide bonds. The van der Waals surface area contributed by atoms with E-state index in [-0.39, 0.29) is 18.6 Å². The summed E-state index contributed by atoms with van der Waals surface area (Å²) in [7, 11) is 0.188. The molecule has 0 bridgehead atoms. The predicted octanol–water partition coefficient (Wildman–Crippen LogP) is 6.23. The molecule has 0 saturated heterocycles. The Hall–Kier alpha value is -1.00. The highest BCUT2D eigenvalue weighted by Crippen LogP contribution is 2.11. The maximum atomic E-state index is 10.6. The Balaban J connectivity index is -0.000000592. The van der Waals surface area contributed by atoms with Gasteiger partial charge in [0, 0.05) is 6.42 Å². The van der Waals surface area contributed by atoms with Crippen LogP contribution in [0.1, 0.15) is 131 Å². The molecule has 0 saturated carbocycles. The lowest BCUT2D eigenvalue weighted by Gasteiger charge is -2.35. The maximum Gasteiger partial charge on any atom is 0.217 e.